The van der Waals surface area contributed by atoms with Crippen LogP contribution in [0, 0.1) is 0 Å². The van der Waals surface area contributed by atoms with Crippen molar-refractivity contribution in [1.29, 1.82) is 0 Å². The second-order valence-corrected chi connectivity index (χ2v) is 4.08. The first-order valence-corrected chi connectivity index (χ1v) is 6.14. The zero-order valence-electron chi connectivity index (χ0n) is 11.4. The number of aromatic nitrogens is 1. The van der Waals surface area contributed by atoms with Crippen LogP contribution in [0.2, 0.25) is 0 Å². The summed E-state index contributed by atoms with van der Waals surface area (Å²) in [6.07, 6.45) is 3.45. The highest BCUT2D eigenvalue weighted by Crippen LogP contribution is 2.29. The summed E-state index contributed by atoms with van der Waals surface area (Å²) in [6.45, 7) is 0.562. The molecule has 0 saturated carbocycles. The molecule has 20 heavy (non-hydrogen) atoms. The molecule has 1 N–H and O–H groups in total. The smallest absolute Gasteiger partial charge is 0.340 e. The van der Waals surface area contributed by atoms with Crippen LogP contribution in [0.3, 0.4) is 0 Å². The van der Waals surface area contributed by atoms with Gasteiger partial charge < -0.3 is 14.8 Å². The molecule has 5 nitrogen and oxygen atoms in total. The third-order valence-electron chi connectivity index (χ3n) is 2.87. The van der Waals surface area contributed by atoms with E-state index in [0.717, 1.165) is 5.56 Å². The van der Waals surface area contributed by atoms with E-state index in [4.69, 9.17) is 9.47 Å². The Kier molecular flexibility index (Phi) is 4.55. The molecule has 0 amide bonds. The first kappa shape index (κ1) is 13.9. The molecule has 0 bridgehead atoms. The molecular formula is C15H16N2O3. The van der Waals surface area contributed by atoms with E-state index < -0.39 is 5.97 Å². The predicted octanol–water partition coefficient (Wildman–Crippen LogP) is 2.49. The molecule has 1 aromatic heterocycles. The van der Waals surface area contributed by atoms with E-state index in [0.29, 0.717) is 23.5 Å². The summed E-state index contributed by atoms with van der Waals surface area (Å²) in [5.74, 6) is 0.197. The van der Waals surface area contributed by atoms with E-state index in [2.05, 4.69) is 10.3 Å². The topological polar surface area (TPSA) is 60.5 Å². The average Bonchev–Trinajstić information content (AvgIpc) is 2.52. The Labute approximate surface area is 117 Å². The summed E-state index contributed by atoms with van der Waals surface area (Å²) >= 11 is 0. The third-order valence-corrected chi connectivity index (χ3v) is 2.87. The maximum absolute atomic E-state index is 11.8. The highest BCUT2D eigenvalue weighted by Gasteiger charge is 2.15. The van der Waals surface area contributed by atoms with Crippen LogP contribution in [-0.4, -0.2) is 25.2 Å². The Morgan fingerprint density at radius 1 is 1.20 bits per heavy atom. The van der Waals surface area contributed by atoms with Crippen LogP contribution in [0.15, 0.2) is 42.7 Å². The minimum absolute atomic E-state index is 0.402. The minimum Gasteiger partial charge on any atom is -0.495 e. The highest BCUT2D eigenvalue weighted by atomic mass is 16.5. The van der Waals surface area contributed by atoms with Crippen LogP contribution >= 0.6 is 0 Å². The lowest BCUT2D eigenvalue weighted by molar-refractivity contribution is 0.0601. The Hall–Kier alpha value is -2.56. The van der Waals surface area contributed by atoms with Crippen molar-refractivity contribution in [2.24, 2.45) is 0 Å². The molecule has 0 aliphatic carbocycles. The van der Waals surface area contributed by atoms with Crippen molar-refractivity contribution in [2.45, 2.75) is 6.54 Å². The molecule has 0 atom stereocenters. The number of esters is 1. The molecule has 2 aromatic rings. The van der Waals surface area contributed by atoms with Gasteiger partial charge >= 0.3 is 5.97 Å². The van der Waals surface area contributed by atoms with Gasteiger partial charge in [0, 0.05) is 18.9 Å². The number of rotatable bonds is 5. The van der Waals surface area contributed by atoms with E-state index in [9.17, 15) is 4.79 Å². The second kappa shape index (κ2) is 6.56. The molecule has 0 unspecified atom stereocenters. The van der Waals surface area contributed by atoms with Crippen LogP contribution in [0.25, 0.3) is 0 Å². The number of nitrogens with one attached hydrogen (secondary N) is 1. The highest BCUT2D eigenvalue weighted by molar-refractivity contribution is 5.97. The number of carbonyl (C=O) groups excluding carboxylic acids is 1. The van der Waals surface area contributed by atoms with Crippen molar-refractivity contribution in [3.8, 4) is 5.75 Å². The van der Waals surface area contributed by atoms with E-state index in [1.807, 2.05) is 12.1 Å². The first-order valence-electron chi connectivity index (χ1n) is 6.14. The number of hydrogen-bond acceptors (Lipinski definition) is 5. The van der Waals surface area contributed by atoms with Crippen molar-refractivity contribution < 1.29 is 14.3 Å². The predicted molar refractivity (Wildman–Crippen MR) is 75.9 cm³/mol. The van der Waals surface area contributed by atoms with Crippen LogP contribution in [0.1, 0.15) is 15.9 Å². The number of hydrogen-bond donors (Lipinski definition) is 1. The Morgan fingerprint density at radius 2 is 1.95 bits per heavy atom. The molecule has 1 heterocycles. The standard InChI is InChI=1S/C15H16N2O3/c1-19-13-5-3-4-12(15(18)20-2)14(13)17-10-11-6-8-16-9-7-11/h3-9,17H,10H2,1-2H3. The zero-order chi connectivity index (χ0) is 14.4. The van der Waals surface area contributed by atoms with Gasteiger partial charge in [-0.3, -0.25) is 4.98 Å². The van der Waals surface area contributed by atoms with Crippen LogP contribution in [0.5, 0.6) is 5.75 Å². The molecule has 0 aliphatic heterocycles. The van der Waals surface area contributed by atoms with Gasteiger partial charge in [-0.1, -0.05) is 6.07 Å². The van der Waals surface area contributed by atoms with Crippen LogP contribution < -0.4 is 10.1 Å². The molecule has 2 rings (SSSR count). The Bertz CT molecular complexity index is 585. The number of methoxy groups -OCH3 is 2. The summed E-state index contributed by atoms with van der Waals surface area (Å²) in [7, 11) is 2.92. The average molecular weight is 272 g/mol. The molecule has 0 radical (unpaired) electrons. The number of nitrogens with zero attached hydrogens (tertiary/aromatic N) is 1. The lowest BCUT2D eigenvalue weighted by atomic mass is 10.1. The maximum Gasteiger partial charge on any atom is 0.340 e. The molecule has 104 valence electrons. The molecule has 0 aliphatic rings. The monoisotopic (exact) mass is 272 g/mol. The molecule has 0 fully saturated rings. The van der Waals surface area contributed by atoms with Gasteiger partial charge in [-0.25, -0.2) is 4.79 Å². The fourth-order valence-electron chi connectivity index (χ4n) is 1.85. The molecule has 0 saturated heterocycles. The summed E-state index contributed by atoms with van der Waals surface area (Å²) in [6, 6.07) is 9.05. The fraction of sp³-hybridized carbons (Fsp3) is 0.200. The largest absolute Gasteiger partial charge is 0.495 e. The van der Waals surface area contributed by atoms with E-state index in [1.54, 1.807) is 37.7 Å². The normalized spacial score (nSPS) is 9.90. The lowest BCUT2D eigenvalue weighted by Gasteiger charge is -2.14. The molecule has 1 aromatic carbocycles. The maximum atomic E-state index is 11.8. The van der Waals surface area contributed by atoms with Crippen molar-refractivity contribution in [3.05, 3.63) is 53.9 Å². The molecular weight excluding hydrogens is 256 g/mol. The number of pyridine rings is 1. The number of ether oxygens (including phenoxy) is 2. The third kappa shape index (κ3) is 3.06. The van der Waals surface area contributed by atoms with Gasteiger partial charge in [-0.05, 0) is 29.8 Å². The minimum atomic E-state index is -0.402. The van der Waals surface area contributed by atoms with Gasteiger partial charge in [-0.15, -0.1) is 0 Å². The second-order valence-electron chi connectivity index (χ2n) is 4.08. The van der Waals surface area contributed by atoms with E-state index >= 15 is 0 Å². The zero-order valence-corrected chi connectivity index (χ0v) is 11.4. The summed E-state index contributed by atoms with van der Waals surface area (Å²) in [5.41, 5.74) is 2.13. The van der Waals surface area contributed by atoms with Crippen LogP contribution in [0.4, 0.5) is 5.69 Å². The molecule has 5 heteroatoms. The lowest BCUT2D eigenvalue weighted by Crippen LogP contribution is -2.09. The van der Waals surface area contributed by atoms with Crippen molar-refractivity contribution in [1.82, 2.24) is 4.98 Å². The summed E-state index contributed by atoms with van der Waals surface area (Å²) in [5, 5.41) is 3.21. The van der Waals surface area contributed by atoms with Crippen LogP contribution in [-0.2, 0) is 11.3 Å². The first-order chi connectivity index (χ1) is 9.76. The van der Waals surface area contributed by atoms with E-state index in [1.165, 1.54) is 7.11 Å². The molecule has 0 spiro atoms. The number of benzene rings is 1. The number of carbonyl (C=O) groups is 1. The Morgan fingerprint density at radius 3 is 2.60 bits per heavy atom. The van der Waals surface area contributed by atoms with Gasteiger partial charge in [0.2, 0.25) is 0 Å². The van der Waals surface area contributed by atoms with Gasteiger partial charge in [0.25, 0.3) is 0 Å². The summed E-state index contributed by atoms with van der Waals surface area (Å²) < 4.78 is 10.1. The van der Waals surface area contributed by atoms with Crippen molar-refractivity contribution in [3.63, 3.8) is 0 Å². The van der Waals surface area contributed by atoms with Gasteiger partial charge in [0.1, 0.15) is 5.75 Å². The SMILES string of the molecule is COC(=O)c1cccc(OC)c1NCc1ccncc1. The van der Waals surface area contributed by atoms with Gasteiger partial charge in [0.05, 0.1) is 25.5 Å². The van der Waals surface area contributed by atoms with E-state index in [-0.39, 0.29) is 0 Å². The fourth-order valence-corrected chi connectivity index (χ4v) is 1.85. The number of para-hydroxylation sites is 1. The summed E-state index contributed by atoms with van der Waals surface area (Å²) in [4.78, 5) is 15.8. The quantitative estimate of drug-likeness (QED) is 0.847. The van der Waals surface area contributed by atoms with Crippen molar-refractivity contribution in [2.75, 3.05) is 19.5 Å². The Balaban J connectivity index is 2.26. The van der Waals surface area contributed by atoms with Gasteiger partial charge in [0.15, 0.2) is 0 Å². The van der Waals surface area contributed by atoms with Gasteiger partial charge in [-0.2, -0.15) is 0 Å². The number of anilines is 1. The van der Waals surface area contributed by atoms with Crippen molar-refractivity contribution >= 4 is 11.7 Å².